The highest BCUT2D eigenvalue weighted by Gasteiger charge is 2.35. The number of ether oxygens (including phenoxy) is 1. The molecular formula is C30H59N3O5. The van der Waals surface area contributed by atoms with Crippen molar-refractivity contribution in [2.24, 2.45) is 0 Å². The first-order valence-electron chi connectivity index (χ1n) is 15.6. The van der Waals surface area contributed by atoms with Gasteiger partial charge in [-0.25, -0.2) is 5.48 Å². The molecule has 1 saturated heterocycles. The molecule has 0 spiro atoms. The van der Waals surface area contributed by atoms with Crippen molar-refractivity contribution in [1.29, 1.82) is 0 Å². The minimum atomic E-state index is -0.235. The van der Waals surface area contributed by atoms with E-state index in [9.17, 15) is 14.7 Å². The quantitative estimate of drug-likeness (QED) is 0.108. The average Bonchev–Trinajstić information content (AvgIpc) is 3.35. The van der Waals surface area contributed by atoms with Crippen molar-refractivity contribution in [3.8, 4) is 0 Å². The van der Waals surface area contributed by atoms with E-state index in [-0.39, 0.29) is 36.6 Å². The summed E-state index contributed by atoms with van der Waals surface area (Å²) < 4.78 is 5.45. The van der Waals surface area contributed by atoms with Gasteiger partial charge in [0.25, 0.3) is 0 Å². The maximum atomic E-state index is 12.8. The molecule has 8 nitrogen and oxygen atoms in total. The molecule has 2 amide bonds. The topological polar surface area (TPSA) is 100 Å². The lowest BCUT2D eigenvalue weighted by Crippen LogP contribution is -2.39. The number of nitrogens with one attached hydrogen (secondary N) is 2. The van der Waals surface area contributed by atoms with Crippen LogP contribution in [0.3, 0.4) is 0 Å². The molecule has 1 aliphatic heterocycles. The van der Waals surface area contributed by atoms with E-state index in [0.29, 0.717) is 32.4 Å². The zero-order chi connectivity index (χ0) is 27.8. The Balaban J connectivity index is 2.06. The molecule has 0 aromatic carbocycles. The number of methoxy groups -OCH3 is 1. The summed E-state index contributed by atoms with van der Waals surface area (Å²) in [4.78, 5) is 32.2. The van der Waals surface area contributed by atoms with Crippen molar-refractivity contribution in [3.05, 3.63) is 0 Å². The van der Waals surface area contributed by atoms with E-state index in [1.54, 1.807) is 14.2 Å². The molecule has 1 aliphatic rings. The van der Waals surface area contributed by atoms with Crippen LogP contribution < -0.4 is 10.8 Å². The Morgan fingerprint density at radius 3 is 2.03 bits per heavy atom. The van der Waals surface area contributed by atoms with Crippen LogP contribution in [0.1, 0.15) is 129 Å². The van der Waals surface area contributed by atoms with Gasteiger partial charge in [0.2, 0.25) is 11.8 Å². The van der Waals surface area contributed by atoms with Crippen LogP contribution in [0.15, 0.2) is 0 Å². The van der Waals surface area contributed by atoms with Gasteiger partial charge in [0, 0.05) is 33.5 Å². The summed E-state index contributed by atoms with van der Waals surface area (Å²) >= 11 is 0. The summed E-state index contributed by atoms with van der Waals surface area (Å²) in [6.07, 6.45) is 20.8. The van der Waals surface area contributed by atoms with E-state index in [4.69, 9.17) is 9.57 Å². The Morgan fingerprint density at radius 1 is 0.895 bits per heavy atom. The molecule has 8 heteroatoms. The van der Waals surface area contributed by atoms with Gasteiger partial charge >= 0.3 is 0 Å². The molecule has 0 aromatic rings. The molecule has 0 bridgehead atoms. The Morgan fingerprint density at radius 2 is 1.47 bits per heavy atom. The number of aliphatic hydroxyl groups excluding tert-OH is 1. The third kappa shape index (κ3) is 16.7. The highest BCUT2D eigenvalue weighted by Crippen LogP contribution is 2.22. The molecule has 0 aromatic heterocycles. The molecular weight excluding hydrogens is 482 g/mol. The molecule has 38 heavy (non-hydrogen) atoms. The number of likely N-dealkylation sites (tertiary alicyclic amines) is 1. The molecule has 3 atom stereocenters. The SMILES string of the molecule is CCCCCCCCCCCCCCCC(=O)NC(CO)CCCCC(=O)N1C[C@H](OC)C[C@H]1CONC. The van der Waals surface area contributed by atoms with Crippen LogP contribution in [0.4, 0.5) is 0 Å². The third-order valence-electron chi connectivity index (χ3n) is 7.74. The number of carbonyl (C=O) groups is 2. The van der Waals surface area contributed by atoms with Crippen LogP contribution in [-0.2, 0) is 19.2 Å². The first-order chi connectivity index (χ1) is 18.5. The second kappa shape index (κ2) is 23.6. The van der Waals surface area contributed by atoms with E-state index in [2.05, 4.69) is 17.7 Å². The largest absolute Gasteiger partial charge is 0.394 e. The lowest BCUT2D eigenvalue weighted by molar-refractivity contribution is -0.134. The van der Waals surface area contributed by atoms with Gasteiger partial charge in [-0.3, -0.25) is 14.4 Å². The summed E-state index contributed by atoms with van der Waals surface area (Å²) in [6, 6.07) is -0.213. The van der Waals surface area contributed by atoms with E-state index in [0.717, 1.165) is 32.1 Å². The van der Waals surface area contributed by atoms with Gasteiger partial charge in [0.1, 0.15) is 0 Å². The van der Waals surface area contributed by atoms with Crippen molar-refractivity contribution in [3.63, 3.8) is 0 Å². The van der Waals surface area contributed by atoms with Crippen molar-refractivity contribution in [1.82, 2.24) is 15.7 Å². The highest BCUT2D eigenvalue weighted by atomic mass is 16.6. The number of unbranched alkanes of at least 4 members (excludes halogenated alkanes) is 13. The van der Waals surface area contributed by atoms with Gasteiger partial charge in [-0.05, 0) is 25.7 Å². The van der Waals surface area contributed by atoms with Crippen LogP contribution in [-0.4, -0.2) is 73.9 Å². The zero-order valence-corrected chi connectivity index (χ0v) is 24.8. The van der Waals surface area contributed by atoms with Crippen LogP contribution in [0.5, 0.6) is 0 Å². The Labute approximate surface area is 232 Å². The number of rotatable bonds is 25. The monoisotopic (exact) mass is 541 g/mol. The average molecular weight is 542 g/mol. The van der Waals surface area contributed by atoms with Crippen LogP contribution in [0.2, 0.25) is 0 Å². The lowest BCUT2D eigenvalue weighted by Gasteiger charge is -2.24. The molecule has 0 saturated carbocycles. The van der Waals surface area contributed by atoms with Crippen molar-refractivity contribution >= 4 is 11.8 Å². The van der Waals surface area contributed by atoms with Crippen LogP contribution in [0.25, 0.3) is 0 Å². The van der Waals surface area contributed by atoms with E-state index in [1.165, 1.54) is 70.6 Å². The predicted molar refractivity (Wildman–Crippen MR) is 154 cm³/mol. The van der Waals surface area contributed by atoms with Crippen molar-refractivity contribution in [2.75, 3.05) is 33.9 Å². The molecule has 1 unspecified atom stereocenters. The van der Waals surface area contributed by atoms with Gasteiger partial charge in [-0.1, -0.05) is 90.4 Å². The number of aliphatic hydroxyl groups is 1. The standard InChI is InChI=1S/C30H59N3O5/c1-4-5-6-7-8-9-10-11-12-13-14-15-16-20-29(35)32-26(24-34)19-17-18-21-30(36)33-23-28(37-3)22-27(33)25-38-31-2/h26-28,31,34H,4-25H2,1-3H3,(H,32,35)/t26?,27-,28+/m0/s1. The molecule has 0 aliphatic carbocycles. The fraction of sp³-hybridized carbons (Fsp3) is 0.933. The minimum Gasteiger partial charge on any atom is -0.394 e. The lowest BCUT2D eigenvalue weighted by atomic mass is 10.0. The number of nitrogens with zero attached hydrogens (tertiary/aromatic N) is 1. The summed E-state index contributed by atoms with van der Waals surface area (Å²) in [5.41, 5.74) is 2.67. The maximum Gasteiger partial charge on any atom is 0.222 e. The molecule has 1 fully saturated rings. The fourth-order valence-electron chi connectivity index (χ4n) is 5.31. The zero-order valence-electron chi connectivity index (χ0n) is 24.8. The number of hydrogen-bond donors (Lipinski definition) is 3. The first kappa shape index (κ1) is 34.8. The second-order valence-electron chi connectivity index (χ2n) is 11.0. The molecule has 3 N–H and O–H groups in total. The van der Waals surface area contributed by atoms with Crippen molar-refractivity contribution in [2.45, 2.75) is 147 Å². The molecule has 1 heterocycles. The number of amides is 2. The summed E-state index contributed by atoms with van der Waals surface area (Å²) in [5.74, 6) is 0.138. The maximum absolute atomic E-state index is 12.8. The van der Waals surface area contributed by atoms with Gasteiger partial charge in [-0.2, -0.15) is 0 Å². The van der Waals surface area contributed by atoms with Gasteiger partial charge < -0.3 is 20.1 Å². The number of carbonyl (C=O) groups excluding carboxylic acids is 2. The number of hydrogen-bond acceptors (Lipinski definition) is 6. The van der Waals surface area contributed by atoms with Gasteiger partial charge in [0.05, 0.1) is 31.4 Å². The Hall–Kier alpha value is -1.22. The summed E-state index contributed by atoms with van der Waals surface area (Å²) in [5, 5.41) is 12.7. The van der Waals surface area contributed by atoms with Crippen molar-refractivity contribution < 1.29 is 24.3 Å². The predicted octanol–water partition coefficient (Wildman–Crippen LogP) is 5.27. The second-order valence-corrected chi connectivity index (χ2v) is 11.0. The van der Waals surface area contributed by atoms with E-state index < -0.39 is 0 Å². The molecule has 0 radical (unpaired) electrons. The fourth-order valence-corrected chi connectivity index (χ4v) is 5.31. The smallest absolute Gasteiger partial charge is 0.222 e. The van der Waals surface area contributed by atoms with E-state index >= 15 is 0 Å². The Bertz CT molecular complexity index is 592. The van der Waals surface area contributed by atoms with Crippen LogP contribution >= 0.6 is 0 Å². The van der Waals surface area contributed by atoms with Gasteiger partial charge in [0.15, 0.2) is 0 Å². The highest BCUT2D eigenvalue weighted by molar-refractivity contribution is 5.77. The third-order valence-corrected chi connectivity index (χ3v) is 7.74. The minimum absolute atomic E-state index is 0.0227. The summed E-state index contributed by atoms with van der Waals surface area (Å²) in [7, 11) is 3.39. The Kier molecular flexibility index (Phi) is 21.7. The van der Waals surface area contributed by atoms with Crippen LogP contribution in [0, 0.1) is 0 Å². The first-order valence-corrected chi connectivity index (χ1v) is 15.6. The normalized spacial score (nSPS) is 18.2. The molecule has 1 rings (SSSR count). The molecule has 224 valence electrons. The van der Waals surface area contributed by atoms with E-state index in [1.807, 2.05) is 4.90 Å². The summed E-state index contributed by atoms with van der Waals surface area (Å²) in [6.45, 7) is 3.24. The number of hydroxylamine groups is 1. The van der Waals surface area contributed by atoms with Gasteiger partial charge in [-0.15, -0.1) is 0 Å².